The number of aryl methyl sites for hydroxylation is 1. The fraction of sp³-hybridized carbons (Fsp3) is 0.467. The maximum absolute atomic E-state index is 12.2. The molecule has 2 N–H and O–H groups in total. The normalized spacial score (nSPS) is 19.6. The highest BCUT2D eigenvalue weighted by atomic mass is 16.4. The molecule has 1 atom stereocenters. The molecule has 0 bridgehead atoms. The summed E-state index contributed by atoms with van der Waals surface area (Å²) in [5, 5.41) is 11.9. The molecule has 0 spiro atoms. The van der Waals surface area contributed by atoms with Crippen molar-refractivity contribution in [1.29, 1.82) is 0 Å². The van der Waals surface area contributed by atoms with E-state index in [-0.39, 0.29) is 17.5 Å². The molecule has 1 aliphatic heterocycles. The van der Waals surface area contributed by atoms with Gasteiger partial charge >= 0.3 is 5.97 Å². The van der Waals surface area contributed by atoms with Crippen molar-refractivity contribution < 1.29 is 14.7 Å². The molecular weight excluding hydrogens is 256 g/mol. The van der Waals surface area contributed by atoms with Crippen LogP contribution in [0.2, 0.25) is 0 Å². The molecule has 0 aromatic heterocycles. The van der Waals surface area contributed by atoms with Crippen molar-refractivity contribution in [2.75, 3.05) is 18.9 Å². The molecule has 1 heterocycles. The molecule has 0 saturated carbocycles. The van der Waals surface area contributed by atoms with E-state index in [1.807, 2.05) is 11.9 Å². The average Bonchev–Trinajstić information content (AvgIpc) is 2.41. The number of amides is 1. The Bertz CT molecular complexity index is 528. The Hall–Kier alpha value is -1.88. The SMILES string of the molecule is Cc1ccc(NC(=O)C2CCCCN2C)cc1C(=O)O. The Morgan fingerprint density at radius 3 is 2.75 bits per heavy atom. The third kappa shape index (κ3) is 3.17. The van der Waals surface area contributed by atoms with Crippen molar-refractivity contribution in [2.24, 2.45) is 0 Å². The number of anilines is 1. The third-order valence-electron chi connectivity index (χ3n) is 3.81. The number of likely N-dealkylation sites (N-methyl/N-ethyl adjacent to an activating group) is 1. The minimum absolute atomic E-state index is 0.0626. The van der Waals surface area contributed by atoms with Gasteiger partial charge in [0.1, 0.15) is 0 Å². The number of carboxylic acids is 1. The molecule has 1 aromatic rings. The first-order valence-electron chi connectivity index (χ1n) is 6.84. The molecule has 1 saturated heterocycles. The summed E-state index contributed by atoms with van der Waals surface area (Å²) < 4.78 is 0. The van der Waals surface area contributed by atoms with Gasteiger partial charge in [0.15, 0.2) is 0 Å². The van der Waals surface area contributed by atoms with Crippen molar-refractivity contribution in [3.63, 3.8) is 0 Å². The number of carbonyl (C=O) groups excluding carboxylic acids is 1. The molecule has 1 aromatic carbocycles. The van der Waals surface area contributed by atoms with Crippen molar-refractivity contribution in [1.82, 2.24) is 4.90 Å². The van der Waals surface area contributed by atoms with Gasteiger partial charge in [0, 0.05) is 5.69 Å². The van der Waals surface area contributed by atoms with Gasteiger partial charge in [0.05, 0.1) is 11.6 Å². The van der Waals surface area contributed by atoms with Crippen LogP contribution in [-0.4, -0.2) is 41.5 Å². The molecule has 1 unspecified atom stereocenters. The molecule has 20 heavy (non-hydrogen) atoms. The Morgan fingerprint density at radius 2 is 2.10 bits per heavy atom. The fourth-order valence-corrected chi connectivity index (χ4v) is 2.56. The van der Waals surface area contributed by atoms with Crippen LogP contribution in [0.1, 0.15) is 35.2 Å². The van der Waals surface area contributed by atoms with E-state index in [0.717, 1.165) is 25.8 Å². The second kappa shape index (κ2) is 6.05. The van der Waals surface area contributed by atoms with Crippen LogP contribution in [0.5, 0.6) is 0 Å². The van der Waals surface area contributed by atoms with E-state index >= 15 is 0 Å². The van der Waals surface area contributed by atoms with Gasteiger partial charge in [-0.25, -0.2) is 4.79 Å². The van der Waals surface area contributed by atoms with Gasteiger partial charge in [-0.1, -0.05) is 12.5 Å². The highest BCUT2D eigenvalue weighted by molar-refractivity contribution is 5.97. The summed E-state index contributed by atoms with van der Waals surface area (Å²) in [7, 11) is 1.95. The number of aromatic carboxylic acids is 1. The van der Waals surface area contributed by atoms with Crippen LogP contribution in [0.25, 0.3) is 0 Å². The first kappa shape index (κ1) is 14.5. The molecule has 5 heteroatoms. The van der Waals surface area contributed by atoms with Gasteiger partial charge in [0.2, 0.25) is 5.91 Å². The summed E-state index contributed by atoms with van der Waals surface area (Å²) in [6, 6.07) is 4.84. The quantitative estimate of drug-likeness (QED) is 0.887. The largest absolute Gasteiger partial charge is 0.478 e. The molecule has 2 rings (SSSR count). The van der Waals surface area contributed by atoms with Crippen molar-refractivity contribution in [3.05, 3.63) is 29.3 Å². The molecule has 0 radical (unpaired) electrons. The van der Waals surface area contributed by atoms with E-state index in [9.17, 15) is 9.59 Å². The van der Waals surface area contributed by atoms with E-state index in [1.165, 1.54) is 6.07 Å². The number of nitrogens with zero attached hydrogens (tertiary/aromatic N) is 1. The third-order valence-corrected chi connectivity index (χ3v) is 3.81. The van der Waals surface area contributed by atoms with E-state index in [1.54, 1.807) is 19.1 Å². The van der Waals surface area contributed by atoms with Crippen LogP contribution in [-0.2, 0) is 4.79 Å². The lowest BCUT2D eigenvalue weighted by Gasteiger charge is -2.31. The highest BCUT2D eigenvalue weighted by Gasteiger charge is 2.25. The minimum atomic E-state index is -0.978. The van der Waals surface area contributed by atoms with Crippen molar-refractivity contribution in [3.8, 4) is 0 Å². The van der Waals surface area contributed by atoms with Crippen LogP contribution < -0.4 is 5.32 Å². The van der Waals surface area contributed by atoms with Crippen LogP contribution in [0.15, 0.2) is 18.2 Å². The minimum Gasteiger partial charge on any atom is -0.478 e. The van der Waals surface area contributed by atoms with E-state index in [4.69, 9.17) is 5.11 Å². The average molecular weight is 276 g/mol. The number of carbonyl (C=O) groups is 2. The van der Waals surface area contributed by atoms with Crippen LogP contribution >= 0.6 is 0 Å². The molecule has 0 aliphatic carbocycles. The first-order valence-corrected chi connectivity index (χ1v) is 6.84. The number of carboxylic acid groups (broad SMARTS) is 1. The van der Waals surface area contributed by atoms with Crippen LogP contribution in [0.4, 0.5) is 5.69 Å². The number of hydrogen-bond acceptors (Lipinski definition) is 3. The number of nitrogens with one attached hydrogen (secondary N) is 1. The summed E-state index contributed by atoms with van der Waals surface area (Å²) in [5.74, 6) is -1.04. The second-order valence-electron chi connectivity index (χ2n) is 5.32. The Morgan fingerprint density at radius 1 is 1.35 bits per heavy atom. The maximum atomic E-state index is 12.2. The Labute approximate surface area is 118 Å². The number of rotatable bonds is 3. The zero-order chi connectivity index (χ0) is 14.7. The monoisotopic (exact) mass is 276 g/mol. The molecular formula is C15H20N2O3. The highest BCUT2D eigenvalue weighted by Crippen LogP contribution is 2.19. The van der Waals surface area contributed by atoms with Gasteiger partial charge in [-0.05, 0) is 51.1 Å². The zero-order valence-electron chi connectivity index (χ0n) is 11.8. The van der Waals surface area contributed by atoms with Gasteiger partial charge < -0.3 is 10.4 Å². The summed E-state index contributed by atoms with van der Waals surface area (Å²) in [6.07, 6.45) is 3.02. The Kier molecular flexibility index (Phi) is 4.39. The number of likely N-dealkylation sites (tertiary alicyclic amines) is 1. The molecule has 1 aliphatic rings. The number of benzene rings is 1. The predicted molar refractivity (Wildman–Crippen MR) is 77.0 cm³/mol. The standard InChI is InChI=1S/C15H20N2O3/c1-10-6-7-11(9-12(10)15(19)20)16-14(18)13-5-3-4-8-17(13)2/h6-7,9,13H,3-5,8H2,1-2H3,(H,16,18)(H,19,20). The fourth-order valence-electron chi connectivity index (χ4n) is 2.56. The molecule has 5 nitrogen and oxygen atoms in total. The van der Waals surface area contributed by atoms with E-state index in [0.29, 0.717) is 11.3 Å². The first-order chi connectivity index (χ1) is 9.49. The maximum Gasteiger partial charge on any atom is 0.336 e. The van der Waals surface area contributed by atoms with Crippen LogP contribution in [0, 0.1) is 6.92 Å². The second-order valence-corrected chi connectivity index (χ2v) is 5.32. The van der Waals surface area contributed by atoms with Crippen molar-refractivity contribution >= 4 is 17.6 Å². The van der Waals surface area contributed by atoms with Gasteiger partial charge in [0.25, 0.3) is 0 Å². The van der Waals surface area contributed by atoms with Gasteiger partial charge in [-0.15, -0.1) is 0 Å². The molecule has 1 fully saturated rings. The lowest BCUT2D eigenvalue weighted by Crippen LogP contribution is -2.44. The van der Waals surface area contributed by atoms with E-state index < -0.39 is 5.97 Å². The molecule has 108 valence electrons. The lowest BCUT2D eigenvalue weighted by atomic mass is 10.0. The molecule has 1 amide bonds. The summed E-state index contributed by atoms with van der Waals surface area (Å²) in [6.45, 7) is 2.66. The van der Waals surface area contributed by atoms with Crippen molar-refractivity contribution in [2.45, 2.75) is 32.2 Å². The lowest BCUT2D eigenvalue weighted by molar-refractivity contribution is -0.121. The summed E-state index contributed by atoms with van der Waals surface area (Å²) in [5.41, 5.74) is 1.45. The Balaban J connectivity index is 2.11. The van der Waals surface area contributed by atoms with Gasteiger partial charge in [-0.2, -0.15) is 0 Å². The predicted octanol–water partition coefficient (Wildman–Crippen LogP) is 2.12. The topological polar surface area (TPSA) is 69.6 Å². The van der Waals surface area contributed by atoms with Gasteiger partial charge in [-0.3, -0.25) is 9.69 Å². The number of piperidine rings is 1. The van der Waals surface area contributed by atoms with Crippen LogP contribution in [0.3, 0.4) is 0 Å². The number of hydrogen-bond donors (Lipinski definition) is 2. The smallest absolute Gasteiger partial charge is 0.336 e. The van der Waals surface area contributed by atoms with E-state index in [2.05, 4.69) is 5.32 Å². The summed E-state index contributed by atoms with van der Waals surface area (Å²) >= 11 is 0. The zero-order valence-corrected chi connectivity index (χ0v) is 11.8. The summed E-state index contributed by atoms with van der Waals surface area (Å²) in [4.78, 5) is 25.4.